The molecule has 0 bridgehead atoms. The smallest absolute Gasteiger partial charge is 0.270 e. The molecule has 0 atom stereocenters. The molecular weight excluding hydrogens is 352 g/mol. The maximum absolute atomic E-state index is 12.5. The molecule has 136 valence electrons. The first-order valence-corrected chi connectivity index (χ1v) is 9.35. The SMILES string of the molecule is CCCN1C(=O)C(/N=N/c2nc(-c3ccccc3)ns2)C(=O)N1CCC. The van der Waals surface area contributed by atoms with Crippen molar-refractivity contribution in [3.8, 4) is 11.4 Å². The number of benzene rings is 1. The summed E-state index contributed by atoms with van der Waals surface area (Å²) in [4.78, 5) is 29.3. The zero-order valence-electron chi connectivity index (χ0n) is 14.7. The van der Waals surface area contributed by atoms with Gasteiger partial charge in [-0.2, -0.15) is 14.5 Å². The maximum Gasteiger partial charge on any atom is 0.277 e. The van der Waals surface area contributed by atoms with E-state index in [9.17, 15) is 9.59 Å². The highest BCUT2D eigenvalue weighted by molar-refractivity contribution is 7.09. The van der Waals surface area contributed by atoms with E-state index in [1.54, 1.807) is 0 Å². The van der Waals surface area contributed by atoms with Crippen LogP contribution < -0.4 is 0 Å². The van der Waals surface area contributed by atoms with E-state index in [-0.39, 0.29) is 11.8 Å². The third-order valence-corrected chi connectivity index (χ3v) is 4.45. The van der Waals surface area contributed by atoms with E-state index in [2.05, 4.69) is 19.6 Å². The molecule has 0 unspecified atom stereocenters. The highest BCUT2D eigenvalue weighted by atomic mass is 32.1. The van der Waals surface area contributed by atoms with E-state index >= 15 is 0 Å². The summed E-state index contributed by atoms with van der Waals surface area (Å²) in [6.07, 6.45) is 1.53. The van der Waals surface area contributed by atoms with Crippen LogP contribution in [0.25, 0.3) is 11.4 Å². The number of hydrazine groups is 1. The first kappa shape index (κ1) is 18.1. The molecule has 0 N–H and O–H groups in total. The fourth-order valence-corrected chi connectivity index (χ4v) is 3.20. The molecule has 3 rings (SSSR count). The van der Waals surface area contributed by atoms with Crippen LogP contribution in [-0.4, -0.2) is 50.3 Å². The number of azo groups is 1. The Bertz CT molecular complexity index is 783. The zero-order valence-corrected chi connectivity index (χ0v) is 15.5. The first-order chi connectivity index (χ1) is 12.7. The minimum absolute atomic E-state index is 0.320. The summed E-state index contributed by atoms with van der Waals surface area (Å²) in [7, 11) is 0. The molecule has 9 heteroatoms. The van der Waals surface area contributed by atoms with Crippen molar-refractivity contribution in [2.75, 3.05) is 13.1 Å². The number of carbonyl (C=O) groups is 2. The molecule has 2 amide bonds. The monoisotopic (exact) mass is 372 g/mol. The molecule has 1 aromatic heterocycles. The lowest BCUT2D eigenvalue weighted by atomic mass is 10.2. The van der Waals surface area contributed by atoms with Crippen LogP contribution in [0.3, 0.4) is 0 Å². The summed E-state index contributed by atoms with van der Waals surface area (Å²) in [5, 5.41) is 11.3. The lowest BCUT2D eigenvalue weighted by Crippen LogP contribution is -2.41. The maximum atomic E-state index is 12.5. The number of hydrogen-bond acceptors (Lipinski definition) is 7. The summed E-state index contributed by atoms with van der Waals surface area (Å²) >= 11 is 1.08. The van der Waals surface area contributed by atoms with E-state index in [0.717, 1.165) is 29.9 Å². The van der Waals surface area contributed by atoms with Gasteiger partial charge >= 0.3 is 0 Å². The Morgan fingerprint density at radius 1 is 1.04 bits per heavy atom. The highest BCUT2D eigenvalue weighted by Crippen LogP contribution is 2.25. The lowest BCUT2D eigenvalue weighted by Gasteiger charge is -2.26. The zero-order chi connectivity index (χ0) is 18.5. The van der Waals surface area contributed by atoms with Gasteiger partial charge in [0.15, 0.2) is 5.82 Å². The summed E-state index contributed by atoms with van der Waals surface area (Å²) < 4.78 is 4.24. The Hall–Kier alpha value is -2.68. The lowest BCUT2D eigenvalue weighted by molar-refractivity contribution is -0.146. The van der Waals surface area contributed by atoms with Crippen molar-refractivity contribution in [2.45, 2.75) is 32.7 Å². The highest BCUT2D eigenvalue weighted by Gasteiger charge is 2.45. The van der Waals surface area contributed by atoms with Gasteiger partial charge in [0.05, 0.1) is 0 Å². The third kappa shape index (κ3) is 3.62. The van der Waals surface area contributed by atoms with Crippen LogP contribution in [0, 0.1) is 0 Å². The van der Waals surface area contributed by atoms with Crippen LogP contribution in [-0.2, 0) is 9.59 Å². The Morgan fingerprint density at radius 3 is 2.23 bits per heavy atom. The molecule has 1 aliphatic heterocycles. The van der Waals surface area contributed by atoms with Crippen LogP contribution in [0.1, 0.15) is 26.7 Å². The average molecular weight is 372 g/mol. The van der Waals surface area contributed by atoms with Crippen LogP contribution in [0.2, 0.25) is 0 Å². The molecule has 2 heterocycles. The van der Waals surface area contributed by atoms with Crippen LogP contribution in [0.15, 0.2) is 40.6 Å². The predicted octanol–water partition coefficient (Wildman–Crippen LogP) is 3.06. The minimum atomic E-state index is -1.13. The fraction of sp³-hybridized carbons (Fsp3) is 0.412. The van der Waals surface area contributed by atoms with Crippen LogP contribution >= 0.6 is 11.5 Å². The normalized spacial score (nSPS) is 15.6. The second-order valence-corrected chi connectivity index (χ2v) is 6.54. The van der Waals surface area contributed by atoms with Gasteiger partial charge in [0, 0.05) is 30.2 Å². The van der Waals surface area contributed by atoms with Crippen LogP contribution in [0.5, 0.6) is 0 Å². The molecule has 1 aliphatic rings. The van der Waals surface area contributed by atoms with Crippen LogP contribution in [0.4, 0.5) is 5.13 Å². The van der Waals surface area contributed by atoms with E-state index in [1.807, 2.05) is 44.2 Å². The molecular formula is C17H20N6O2S. The van der Waals surface area contributed by atoms with Gasteiger partial charge in [0.25, 0.3) is 11.8 Å². The fourth-order valence-electron chi connectivity index (χ4n) is 2.68. The molecule has 1 aromatic carbocycles. The van der Waals surface area contributed by atoms with E-state index in [1.165, 1.54) is 10.0 Å². The Kier molecular flexibility index (Phi) is 5.67. The van der Waals surface area contributed by atoms with Crippen molar-refractivity contribution >= 4 is 28.5 Å². The number of rotatable bonds is 7. The molecule has 26 heavy (non-hydrogen) atoms. The number of nitrogens with zero attached hydrogens (tertiary/aromatic N) is 6. The molecule has 0 saturated carbocycles. The van der Waals surface area contributed by atoms with Crippen molar-refractivity contribution in [2.24, 2.45) is 10.2 Å². The molecule has 0 spiro atoms. The Labute approximate surface area is 155 Å². The van der Waals surface area contributed by atoms with Gasteiger partial charge < -0.3 is 0 Å². The van der Waals surface area contributed by atoms with Crippen molar-refractivity contribution in [3.05, 3.63) is 30.3 Å². The molecule has 0 aliphatic carbocycles. The van der Waals surface area contributed by atoms with E-state index < -0.39 is 6.04 Å². The topological polar surface area (TPSA) is 91.1 Å². The van der Waals surface area contributed by atoms with Crippen molar-refractivity contribution in [3.63, 3.8) is 0 Å². The van der Waals surface area contributed by atoms with Crippen molar-refractivity contribution in [1.29, 1.82) is 0 Å². The van der Waals surface area contributed by atoms with Crippen molar-refractivity contribution in [1.82, 2.24) is 19.4 Å². The first-order valence-electron chi connectivity index (χ1n) is 8.58. The van der Waals surface area contributed by atoms with Gasteiger partial charge in [-0.3, -0.25) is 9.59 Å². The number of amides is 2. The third-order valence-electron chi connectivity index (χ3n) is 3.84. The standard InChI is InChI=1S/C17H20N6O2S/c1-3-10-22-15(24)13(16(25)23(22)11-4-2)19-20-17-18-14(21-26-17)12-8-6-5-7-9-12/h5-9,13H,3-4,10-11H2,1-2H3/b20-19+. The molecule has 0 radical (unpaired) electrons. The second-order valence-electron chi connectivity index (χ2n) is 5.81. The summed E-state index contributed by atoms with van der Waals surface area (Å²) in [6.45, 7) is 4.91. The van der Waals surface area contributed by atoms with Crippen molar-refractivity contribution < 1.29 is 9.59 Å². The predicted molar refractivity (Wildman–Crippen MR) is 97.7 cm³/mol. The Balaban J connectivity index is 1.76. The number of aromatic nitrogens is 2. The van der Waals surface area contributed by atoms with Gasteiger partial charge in [-0.25, -0.2) is 10.0 Å². The molecule has 1 saturated heterocycles. The average Bonchev–Trinajstić information content (AvgIpc) is 3.21. The minimum Gasteiger partial charge on any atom is -0.270 e. The summed E-state index contributed by atoms with van der Waals surface area (Å²) in [5.74, 6) is -0.113. The summed E-state index contributed by atoms with van der Waals surface area (Å²) in [5.41, 5.74) is 0.876. The molecule has 1 fully saturated rings. The van der Waals surface area contributed by atoms with E-state index in [0.29, 0.717) is 24.0 Å². The quantitative estimate of drug-likeness (QED) is 0.552. The number of carbonyl (C=O) groups excluding carboxylic acids is 2. The molecule has 2 aromatic rings. The van der Waals surface area contributed by atoms with Gasteiger partial charge in [-0.1, -0.05) is 44.2 Å². The Morgan fingerprint density at radius 2 is 1.65 bits per heavy atom. The number of hydrogen-bond donors (Lipinski definition) is 0. The van der Waals surface area contributed by atoms with Gasteiger partial charge in [-0.15, -0.1) is 5.11 Å². The largest absolute Gasteiger partial charge is 0.277 e. The second kappa shape index (κ2) is 8.13. The van der Waals surface area contributed by atoms with Gasteiger partial charge in [-0.05, 0) is 12.8 Å². The van der Waals surface area contributed by atoms with Gasteiger partial charge in [0.2, 0.25) is 11.2 Å². The van der Waals surface area contributed by atoms with Gasteiger partial charge in [0.1, 0.15) is 0 Å². The van der Waals surface area contributed by atoms with E-state index in [4.69, 9.17) is 0 Å². The summed E-state index contributed by atoms with van der Waals surface area (Å²) in [6, 6.07) is 8.39. The molecule has 8 nitrogen and oxygen atoms in total.